The largest absolute Gasteiger partial charge is 0.340 e. The standard InChI is InChI=1S/C29H28N4O2S/c34-26(25-27(19-8-2-1-3-9-19)36-29(33-25)20-14-15-20)24(22-13-4-5-16-30-22)32-28(35)21-12-6-10-18-11-7-17-31-23(18)21/h1-3,6-12,17,20,22,24,30H,4-5,13-16H2,(H,32,35)/t22?,24-/m0/s1. The molecule has 0 bridgehead atoms. The first-order valence-electron chi connectivity index (χ1n) is 12.7. The lowest BCUT2D eigenvalue weighted by molar-refractivity contribution is 0.0824. The molecule has 0 radical (unpaired) electrons. The molecule has 2 aromatic heterocycles. The van der Waals surface area contributed by atoms with Crippen LogP contribution in [0.25, 0.3) is 21.3 Å². The molecule has 7 heteroatoms. The van der Waals surface area contributed by atoms with Gasteiger partial charge in [-0.05, 0) is 49.9 Å². The highest BCUT2D eigenvalue weighted by Crippen LogP contribution is 2.45. The highest BCUT2D eigenvalue weighted by atomic mass is 32.1. The van der Waals surface area contributed by atoms with E-state index >= 15 is 0 Å². The van der Waals surface area contributed by atoms with Crippen molar-refractivity contribution in [3.05, 3.63) is 83.1 Å². The van der Waals surface area contributed by atoms with Crippen LogP contribution >= 0.6 is 11.3 Å². The maximum absolute atomic E-state index is 14.2. The predicted molar refractivity (Wildman–Crippen MR) is 142 cm³/mol. The average molecular weight is 497 g/mol. The molecule has 4 aromatic rings. The van der Waals surface area contributed by atoms with Crippen molar-refractivity contribution in [1.82, 2.24) is 20.6 Å². The van der Waals surface area contributed by atoms with Gasteiger partial charge in [0.25, 0.3) is 5.91 Å². The molecule has 2 N–H and O–H groups in total. The van der Waals surface area contributed by atoms with Gasteiger partial charge in [0.15, 0.2) is 0 Å². The number of nitrogens with one attached hydrogen (secondary N) is 2. The minimum atomic E-state index is -0.714. The van der Waals surface area contributed by atoms with Crippen LogP contribution in [-0.2, 0) is 0 Å². The van der Waals surface area contributed by atoms with Gasteiger partial charge in [0.2, 0.25) is 5.78 Å². The quantitative estimate of drug-likeness (QED) is 0.337. The molecular formula is C29H28N4O2S. The fourth-order valence-corrected chi connectivity index (χ4v) is 6.20. The number of aromatic nitrogens is 2. The number of carbonyl (C=O) groups excluding carboxylic acids is 2. The number of ketones is 1. The van der Waals surface area contributed by atoms with Crippen molar-refractivity contribution in [2.75, 3.05) is 6.54 Å². The number of Topliss-reactive ketones (excluding diaryl/α,β-unsaturated/α-hetero) is 1. The molecule has 1 saturated carbocycles. The zero-order chi connectivity index (χ0) is 24.5. The molecule has 2 aliphatic rings. The SMILES string of the molecule is O=C(N[C@H](C(=O)c1nc(C2CC2)sc1-c1ccccc1)C1CCCCN1)c1cccc2cccnc12. The fraction of sp³-hybridized carbons (Fsp3) is 0.310. The van der Waals surface area contributed by atoms with Crippen molar-refractivity contribution in [3.8, 4) is 10.4 Å². The lowest BCUT2D eigenvalue weighted by Crippen LogP contribution is -2.55. The Hall–Kier alpha value is -3.42. The van der Waals surface area contributed by atoms with E-state index in [1.807, 2.05) is 54.6 Å². The summed E-state index contributed by atoms with van der Waals surface area (Å²) in [5, 5.41) is 8.51. The van der Waals surface area contributed by atoms with Gasteiger partial charge in [-0.2, -0.15) is 0 Å². The van der Waals surface area contributed by atoms with Crippen LogP contribution in [0.5, 0.6) is 0 Å². The van der Waals surface area contributed by atoms with E-state index in [1.165, 1.54) is 0 Å². The molecule has 3 heterocycles. The Bertz CT molecular complexity index is 1400. The summed E-state index contributed by atoms with van der Waals surface area (Å²) in [7, 11) is 0. The molecule has 0 spiro atoms. The molecule has 1 amide bonds. The molecule has 1 saturated heterocycles. The van der Waals surface area contributed by atoms with Crippen LogP contribution in [0, 0.1) is 0 Å². The van der Waals surface area contributed by atoms with Crippen LogP contribution in [0.1, 0.15) is 63.9 Å². The van der Waals surface area contributed by atoms with Crippen molar-refractivity contribution in [2.24, 2.45) is 0 Å². The zero-order valence-electron chi connectivity index (χ0n) is 19.9. The molecule has 6 nitrogen and oxygen atoms in total. The number of hydrogen-bond acceptors (Lipinski definition) is 6. The number of rotatable bonds is 7. The van der Waals surface area contributed by atoms with Crippen LogP contribution in [0.15, 0.2) is 66.9 Å². The van der Waals surface area contributed by atoms with Gasteiger partial charge in [-0.3, -0.25) is 14.6 Å². The number of pyridine rings is 1. The van der Waals surface area contributed by atoms with Gasteiger partial charge in [0.1, 0.15) is 11.7 Å². The number of benzene rings is 2. The summed E-state index contributed by atoms with van der Waals surface area (Å²) in [6.45, 7) is 0.829. The maximum atomic E-state index is 14.2. The summed E-state index contributed by atoms with van der Waals surface area (Å²) >= 11 is 1.62. The van der Waals surface area contributed by atoms with Crippen molar-refractivity contribution in [2.45, 2.75) is 50.1 Å². The van der Waals surface area contributed by atoms with E-state index in [2.05, 4.69) is 15.6 Å². The summed E-state index contributed by atoms with van der Waals surface area (Å²) in [4.78, 5) is 38.0. The van der Waals surface area contributed by atoms with Gasteiger partial charge >= 0.3 is 0 Å². The van der Waals surface area contributed by atoms with Gasteiger partial charge in [-0.15, -0.1) is 11.3 Å². The molecule has 2 aromatic carbocycles. The number of carbonyl (C=O) groups is 2. The lowest BCUT2D eigenvalue weighted by atomic mass is 9.92. The van der Waals surface area contributed by atoms with Gasteiger partial charge in [0, 0.05) is 23.5 Å². The number of amides is 1. The van der Waals surface area contributed by atoms with Gasteiger partial charge in [0.05, 0.1) is 21.0 Å². The van der Waals surface area contributed by atoms with Crippen LogP contribution in [0.3, 0.4) is 0 Å². The first-order chi connectivity index (χ1) is 17.7. The second-order valence-corrected chi connectivity index (χ2v) is 10.7. The number of thiazole rings is 1. The Balaban J connectivity index is 1.37. The molecule has 1 aliphatic carbocycles. The number of piperidine rings is 1. The van der Waals surface area contributed by atoms with Crippen LogP contribution in [0.2, 0.25) is 0 Å². The minimum absolute atomic E-state index is 0.127. The number of para-hydroxylation sites is 1. The molecule has 1 aliphatic heterocycles. The molecule has 2 fully saturated rings. The van der Waals surface area contributed by atoms with E-state index in [9.17, 15) is 9.59 Å². The Morgan fingerprint density at radius 2 is 1.81 bits per heavy atom. The zero-order valence-corrected chi connectivity index (χ0v) is 20.8. The van der Waals surface area contributed by atoms with Crippen molar-refractivity contribution in [3.63, 3.8) is 0 Å². The van der Waals surface area contributed by atoms with Crippen LogP contribution in [0.4, 0.5) is 0 Å². The normalized spacial score (nSPS) is 18.6. The Kier molecular flexibility index (Phi) is 6.34. The second kappa shape index (κ2) is 9.91. The molecular weight excluding hydrogens is 468 g/mol. The molecule has 2 atom stereocenters. The summed E-state index contributed by atoms with van der Waals surface area (Å²) in [5.41, 5.74) is 2.57. The minimum Gasteiger partial charge on any atom is -0.340 e. The molecule has 36 heavy (non-hydrogen) atoms. The Labute approximate surface area is 214 Å². The summed E-state index contributed by atoms with van der Waals surface area (Å²) in [6, 6.07) is 18.5. The number of nitrogens with zero attached hydrogens (tertiary/aromatic N) is 2. The molecule has 182 valence electrons. The summed E-state index contributed by atoms with van der Waals surface area (Å²) in [5.74, 6) is 0.0310. The van der Waals surface area contributed by atoms with Crippen LogP contribution < -0.4 is 10.6 Å². The van der Waals surface area contributed by atoms with E-state index < -0.39 is 6.04 Å². The second-order valence-electron chi connectivity index (χ2n) is 9.62. The topological polar surface area (TPSA) is 84.0 Å². The number of fused-ring (bicyclic) bond motifs is 1. The molecule has 1 unspecified atom stereocenters. The fourth-order valence-electron chi connectivity index (χ4n) is 4.96. The first-order valence-corrected chi connectivity index (χ1v) is 13.5. The summed E-state index contributed by atoms with van der Waals surface area (Å²) < 4.78 is 0. The highest BCUT2D eigenvalue weighted by Gasteiger charge is 2.37. The Morgan fingerprint density at radius 1 is 0.972 bits per heavy atom. The van der Waals surface area contributed by atoms with Crippen LogP contribution in [-0.4, -0.2) is 40.3 Å². The van der Waals surface area contributed by atoms with E-state index in [0.717, 1.165) is 59.5 Å². The Morgan fingerprint density at radius 3 is 2.58 bits per heavy atom. The smallest absolute Gasteiger partial charge is 0.254 e. The van der Waals surface area contributed by atoms with E-state index in [1.54, 1.807) is 23.6 Å². The van der Waals surface area contributed by atoms with E-state index in [0.29, 0.717) is 22.7 Å². The van der Waals surface area contributed by atoms with E-state index in [-0.39, 0.29) is 17.7 Å². The van der Waals surface area contributed by atoms with Gasteiger partial charge in [-0.25, -0.2) is 4.98 Å². The maximum Gasteiger partial charge on any atom is 0.254 e. The van der Waals surface area contributed by atoms with E-state index in [4.69, 9.17) is 4.98 Å². The summed E-state index contributed by atoms with van der Waals surface area (Å²) in [6.07, 6.45) is 6.83. The third-order valence-corrected chi connectivity index (χ3v) is 8.30. The lowest BCUT2D eigenvalue weighted by Gasteiger charge is -2.31. The first kappa shape index (κ1) is 23.0. The predicted octanol–water partition coefficient (Wildman–Crippen LogP) is 5.36. The number of hydrogen-bond donors (Lipinski definition) is 2. The third kappa shape index (κ3) is 4.56. The van der Waals surface area contributed by atoms with Crippen molar-refractivity contribution >= 4 is 33.9 Å². The monoisotopic (exact) mass is 496 g/mol. The third-order valence-electron chi connectivity index (χ3n) is 7.04. The van der Waals surface area contributed by atoms with Gasteiger partial charge in [-0.1, -0.05) is 55.0 Å². The van der Waals surface area contributed by atoms with Gasteiger partial charge < -0.3 is 10.6 Å². The molecule has 6 rings (SSSR count). The average Bonchev–Trinajstić information content (AvgIpc) is 3.70. The van der Waals surface area contributed by atoms with Crippen molar-refractivity contribution < 1.29 is 9.59 Å². The van der Waals surface area contributed by atoms with Crippen molar-refractivity contribution in [1.29, 1.82) is 0 Å². The highest BCUT2D eigenvalue weighted by molar-refractivity contribution is 7.15.